The van der Waals surface area contributed by atoms with Crippen LogP contribution in [0.3, 0.4) is 0 Å². The van der Waals surface area contributed by atoms with Gasteiger partial charge < -0.3 is 10.1 Å². The number of fused-ring (bicyclic) bond motifs is 1. The Labute approximate surface area is 187 Å². The lowest BCUT2D eigenvalue weighted by Gasteiger charge is -2.20. The van der Waals surface area contributed by atoms with E-state index in [0.29, 0.717) is 27.2 Å². The molecule has 2 aromatic rings. The molecule has 0 bridgehead atoms. The van der Waals surface area contributed by atoms with Crippen molar-refractivity contribution in [1.82, 2.24) is 5.01 Å². The van der Waals surface area contributed by atoms with Gasteiger partial charge in [0.2, 0.25) is 5.91 Å². The molecule has 0 spiro atoms. The molecule has 1 saturated heterocycles. The summed E-state index contributed by atoms with van der Waals surface area (Å²) in [6.07, 6.45) is 0. The number of imide groups is 1. The summed E-state index contributed by atoms with van der Waals surface area (Å²) in [5, 5.41) is 12.5. The lowest BCUT2D eigenvalue weighted by atomic mass is 10.1. The van der Waals surface area contributed by atoms with Crippen molar-refractivity contribution >= 4 is 52.3 Å². The van der Waals surface area contributed by atoms with E-state index in [9.17, 15) is 14.4 Å². The number of nitrogens with one attached hydrogen (secondary N) is 1. The molecule has 160 valence electrons. The molecular formula is C20H17Cl2N5O4. The molecule has 0 saturated carbocycles. The molecule has 9 nitrogen and oxygen atoms in total. The number of anilines is 2. The number of hydrogen-bond donors (Lipinski definition) is 1. The first-order valence-corrected chi connectivity index (χ1v) is 10.0. The number of amides is 3. The van der Waals surface area contributed by atoms with Gasteiger partial charge in [-0.2, -0.15) is 5.11 Å². The fraction of sp³-hybridized carbons (Fsp3) is 0.250. The molecule has 0 unspecified atom stereocenters. The number of hydrogen-bond acceptors (Lipinski definition) is 7. The molecule has 11 heteroatoms. The zero-order valence-corrected chi connectivity index (χ0v) is 18.0. The van der Waals surface area contributed by atoms with Gasteiger partial charge in [-0.15, -0.1) is 0 Å². The van der Waals surface area contributed by atoms with Crippen LogP contribution in [0.4, 0.5) is 11.4 Å². The molecule has 2 aromatic carbocycles. The van der Waals surface area contributed by atoms with Gasteiger partial charge in [0.15, 0.2) is 12.1 Å². The zero-order chi connectivity index (χ0) is 22.3. The van der Waals surface area contributed by atoms with E-state index in [1.165, 1.54) is 12.1 Å². The Morgan fingerprint density at radius 1 is 1.16 bits per heavy atom. The van der Waals surface area contributed by atoms with Gasteiger partial charge in [0.05, 0.1) is 18.5 Å². The molecular weight excluding hydrogens is 445 g/mol. The maximum Gasteiger partial charge on any atom is 0.263 e. The predicted molar refractivity (Wildman–Crippen MR) is 114 cm³/mol. The first kappa shape index (κ1) is 21.1. The Hall–Kier alpha value is -3.17. The van der Waals surface area contributed by atoms with Gasteiger partial charge in [-0.05, 0) is 42.8 Å². The Kier molecular flexibility index (Phi) is 5.55. The zero-order valence-electron chi connectivity index (χ0n) is 16.5. The first-order chi connectivity index (χ1) is 14.8. The van der Waals surface area contributed by atoms with E-state index in [2.05, 4.69) is 15.7 Å². The van der Waals surface area contributed by atoms with Crippen LogP contribution < -0.4 is 15.0 Å². The van der Waals surface area contributed by atoms with Crippen molar-refractivity contribution in [2.45, 2.75) is 19.0 Å². The summed E-state index contributed by atoms with van der Waals surface area (Å²) in [5.74, 6) is -1.09. The number of rotatable bonds is 5. The topological polar surface area (TPSA) is 104 Å². The van der Waals surface area contributed by atoms with Crippen LogP contribution in [0.25, 0.3) is 0 Å². The summed E-state index contributed by atoms with van der Waals surface area (Å²) in [7, 11) is 1.47. The van der Waals surface area contributed by atoms with Gasteiger partial charge in [0.1, 0.15) is 12.3 Å². The van der Waals surface area contributed by atoms with Crippen LogP contribution in [0.2, 0.25) is 10.0 Å². The third-order valence-corrected chi connectivity index (χ3v) is 5.66. The summed E-state index contributed by atoms with van der Waals surface area (Å²) >= 11 is 12.1. The van der Waals surface area contributed by atoms with Gasteiger partial charge in [0, 0.05) is 10.0 Å². The van der Waals surface area contributed by atoms with E-state index in [4.69, 9.17) is 27.9 Å². The van der Waals surface area contributed by atoms with Crippen molar-refractivity contribution in [3.8, 4) is 5.75 Å². The summed E-state index contributed by atoms with van der Waals surface area (Å²) in [4.78, 5) is 39.4. The second kappa shape index (κ2) is 8.16. The Bertz CT molecular complexity index is 1120. The van der Waals surface area contributed by atoms with Crippen molar-refractivity contribution in [3.63, 3.8) is 0 Å². The lowest BCUT2D eigenvalue weighted by molar-refractivity contribution is -0.123. The summed E-state index contributed by atoms with van der Waals surface area (Å²) in [5.41, 5.74) is 1.54. The van der Waals surface area contributed by atoms with Crippen molar-refractivity contribution in [3.05, 3.63) is 52.0 Å². The molecule has 2 atom stereocenters. The number of carbonyl (C=O) groups excluding carboxylic acids is 3. The first-order valence-electron chi connectivity index (χ1n) is 9.25. The van der Waals surface area contributed by atoms with E-state index in [1.807, 2.05) is 6.92 Å². The van der Waals surface area contributed by atoms with Gasteiger partial charge in [-0.25, -0.2) is 4.90 Å². The fourth-order valence-electron chi connectivity index (χ4n) is 3.44. The molecule has 2 heterocycles. The number of methoxy groups -OCH3 is 1. The molecule has 0 radical (unpaired) electrons. The number of benzene rings is 2. The van der Waals surface area contributed by atoms with E-state index >= 15 is 0 Å². The molecule has 1 N–H and O–H groups in total. The summed E-state index contributed by atoms with van der Waals surface area (Å²) in [6, 6.07) is 7.68. The minimum absolute atomic E-state index is 0.290. The highest BCUT2D eigenvalue weighted by atomic mass is 35.5. The van der Waals surface area contributed by atoms with E-state index in [1.54, 1.807) is 36.4 Å². The Morgan fingerprint density at radius 3 is 2.65 bits per heavy atom. The standard InChI is InChI=1S/C20H17Cl2N5O4/c1-10-3-5-12(8-13(10)22)27-19(29)17-18(20(27)30)26(25-24-17)9-16(28)23-14-7-11(21)4-6-15(14)31-2/h3-8,17-18H,9H2,1-2H3,(H,23,28)/t17-,18+/m1/s1. The molecule has 0 aliphatic carbocycles. The third-order valence-electron chi connectivity index (χ3n) is 5.01. The van der Waals surface area contributed by atoms with Crippen LogP contribution in [-0.2, 0) is 14.4 Å². The van der Waals surface area contributed by atoms with Crippen molar-refractivity contribution in [1.29, 1.82) is 0 Å². The fourth-order valence-corrected chi connectivity index (χ4v) is 3.79. The largest absolute Gasteiger partial charge is 0.495 e. The quantitative estimate of drug-likeness (QED) is 0.688. The van der Waals surface area contributed by atoms with E-state index in [-0.39, 0.29) is 6.54 Å². The summed E-state index contributed by atoms with van der Waals surface area (Å²) < 4.78 is 5.21. The smallest absolute Gasteiger partial charge is 0.263 e. The molecule has 3 amide bonds. The molecule has 2 aliphatic rings. The minimum Gasteiger partial charge on any atom is -0.495 e. The van der Waals surface area contributed by atoms with Crippen LogP contribution in [0.1, 0.15) is 5.56 Å². The number of ether oxygens (including phenoxy) is 1. The predicted octanol–water partition coefficient (Wildman–Crippen LogP) is 3.24. The molecule has 4 rings (SSSR count). The highest BCUT2D eigenvalue weighted by molar-refractivity contribution is 6.32. The Balaban J connectivity index is 1.51. The van der Waals surface area contributed by atoms with Crippen molar-refractivity contribution in [2.24, 2.45) is 10.3 Å². The molecule has 0 aromatic heterocycles. The van der Waals surface area contributed by atoms with Crippen LogP contribution in [0.5, 0.6) is 5.75 Å². The highest BCUT2D eigenvalue weighted by Gasteiger charge is 2.55. The normalized spacial score (nSPS) is 19.7. The van der Waals surface area contributed by atoms with Crippen LogP contribution in [-0.4, -0.2) is 48.5 Å². The number of halogens is 2. The summed E-state index contributed by atoms with van der Waals surface area (Å²) in [6.45, 7) is 1.53. The average molecular weight is 462 g/mol. The van der Waals surface area contributed by atoms with Gasteiger partial charge >= 0.3 is 0 Å². The molecule has 2 aliphatic heterocycles. The Morgan fingerprint density at radius 2 is 1.94 bits per heavy atom. The number of carbonyl (C=O) groups is 3. The second-order valence-electron chi connectivity index (χ2n) is 7.03. The monoisotopic (exact) mass is 461 g/mol. The SMILES string of the molecule is COc1ccc(Cl)cc1NC(=O)CN1N=N[C@H]2C(=O)N(c3ccc(C)c(Cl)c3)C(=O)[C@H]21. The molecule has 1 fully saturated rings. The average Bonchev–Trinajstić information content (AvgIpc) is 3.24. The van der Waals surface area contributed by atoms with Crippen LogP contribution in [0.15, 0.2) is 46.7 Å². The van der Waals surface area contributed by atoms with E-state index < -0.39 is 29.8 Å². The third kappa shape index (κ3) is 3.82. The van der Waals surface area contributed by atoms with Gasteiger partial charge in [0.25, 0.3) is 11.8 Å². The van der Waals surface area contributed by atoms with Crippen molar-refractivity contribution < 1.29 is 19.1 Å². The highest BCUT2D eigenvalue weighted by Crippen LogP contribution is 2.34. The van der Waals surface area contributed by atoms with Crippen LogP contribution in [0, 0.1) is 6.92 Å². The molecule has 31 heavy (non-hydrogen) atoms. The minimum atomic E-state index is -1.01. The van der Waals surface area contributed by atoms with E-state index in [0.717, 1.165) is 10.5 Å². The number of nitrogens with zero attached hydrogens (tertiary/aromatic N) is 4. The lowest BCUT2D eigenvalue weighted by Crippen LogP contribution is -2.43. The van der Waals surface area contributed by atoms with Crippen molar-refractivity contribution in [2.75, 3.05) is 23.9 Å². The maximum atomic E-state index is 13.0. The van der Waals surface area contributed by atoms with Gasteiger partial charge in [-0.1, -0.05) is 34.5 Å². The number of aryl methyl sites for hydroxylation is 1. The maximum absolute atomic E-state index is 13.0. The van der Waals surface area contributed by atoms with Gasteiger partial charge in [-0.3, -0.25) is 19.4 Å². The second-order valence-corrected chi connectivity index (χ2v) is 7.87. The van der Waals surface area contributed by atoms with Crippen LogP contribution >= 0.6 is 23.2 Å².